The van der Waals surface area contributed by atoms with Gasteiger partial charge in [-0.05, 0) is 85.5 Å². The van der Waals surface area contributed by atoms with Crippen LogP contribution in [0, 0.1) is 23.6 Å². The minimum atomic E-state index is -0.570. The van der Waals surface area contributed by atoms with Gasteiger partial charge in [-0.2, -0.15) is 4.98 Å². The van der Waals surface area contributed by atoms with Crippen molar-refractivity contribution in [3.8, 4) is 33.2 Å². The summed E-state index contributed by atoms with van der Waals surface area (Å²) in [6, 6.07) is 5.34. The van der Waals surface area contributed by atoms with Crippen LogP contribution >= 0.6 is 11.3 Å². The van der Waals surface area contributed by atoms with E-state index in [4.69, 9.17) is 4.74 Å². The van der Waals surface area contributed by atoms with Crippen LogP contribution in [0.4, 0.5) is 9.52 Å². The van der Waals surface area contributed by atoms with Crippen molar-refractivity contribution in [1.82, 2.24) is 9.97 Å². The summed E-state index contributed by atoms with van der Waals surface area (Å²) in [7, 11) is 0. The fourth-order valence-electron chi connectivity index (χ4n) is 7.71. The molecule has 1 aliphatic heterocycles. The molecular formula is C28H30FN3O3S. The van der Waals surface area contributed by atoms with Crippen LogP contribution in [0.2, 0.25) is 0 Å². The topological polar surface area (TPSA) is 78.7 Å². The van der Waals surface area contributed by atoms with Crippen LogP contribution < -0.4 is 4.90 Å². The first kappa shape index (κ1) is 22.5. The Bertz CT molecular complexity index is 1280. The molecule has 36 heavy (non-hydrogen) atoms. The third-order valence-corrected chi connectivity index (χ3v) is 10.0. The second kappa shape index (κ2) is 8.42. The number of nitrogens with zero attached hydrogens (tertiary/aromatic N) is 3. The number of phenols is 1. The van der Waals surface area contributed by atoms with Crippen molar-refractivity contribution in [2.75, 3.05) is 31.2 Å². The molecule has 0 atom stereocenters. The van der Waals surface area contributed by atoms with Gasteiger partial charge in [-0.1, -0.05) is 11.3 Å². The molecule has 0 radical (unpaired) electrons. The van der Waals surface area contributed by atoms with Gasteiger partial charge in [-0.15, -0.1) is 0 Å². The highest BCUT2D eigenvalue weighted by Gasteiger charge is 2.52. The molecule has 3 heterocycles. The molecule has 6 nitrogen and oxygen atoms in total. The van der Waals surface area contributed by atoms with E-state index < -0.39 is 5.82 Å². The summed E-state index contributed by atoms with van der Waals surface area (Å²) in [4.78, 5) is 11.6. The van der Waals surface area contributed by atoms with Gasteiger partial charge in [-0.3, -0.25) is 4.98 Å². The number of halogens is 1. The first-order chi connectivity index (χ1) is 17.5. The standard InChI is InChI=1S/C28H30FN3O3S/c29-23-10-19(9-22(24(23)33)28-11-16-5-17(12-28)7-18(6-16)13-28)20-8-21(15-30-14-20)25-26(34)31-27(36-25)32-1-3-35-4-2-32/h8-10,14-18,33-34H,1-7,11-13H2. The maximum absolute atomic E-state index is 15.2. The number of hydrogen-bond donors (Lipinski definition) is 2. The Morgan fingerprint density at radius 1 is 0.917 bits per heavy atom. The minimum absolute atomic E-state index is 0.0217. The summed E-state index contributed by atoms with van der Waals surface area (Å²) in [5, 5.41) is 22.3. The summed E-state index contributed by atoms with van der Waals surface area (Å²) in [6.45, 7) is 2.77. The van der Waals surface area contributed by atoms with E-state index in [9.17, 15) is 10.2 Å². The van der Waals surface area contributed by atoms with E-state index >= 15 is 4.39 Å². The molecule has 4 aliphatic carbocycles. The van der Waals surface area contributed by atoms with E-state index in [0.717, 1.165) is 54.2 Å². The molecule has 188 valence electrons. The number of rotatable bonds is 4. The van der Waals surface area contributed by atoms with Gasteiger partial charge < -0.3 is 19.8 Å². The molecule has 1 saturated heterocycles. The predicted molar refractivity (Wildman–Crippen MR) is 137 cm³/mol. The number of pyridine rings is 1. The Morgan fingerprint density at radius 3 is 2.28 bits per heavy atom. The molecule has 0 amide bonds. The van der Waals surface area contributed by atoms with Gasteiger partial charge in [-0.25, -0.2) is 4.39 Å². The summed E-state index contributed by atoms with van der Waals surface area (Å²) < 4.78 is 20.6. The normalized spacial score (nSPS) is 29.1. The Hall–Kier alpha value is -2.71. The second-order valence-corrected chi connectivity index (χ2v) is 12.2. The van der Waals surface area contributed by atoms with Crippen molar-refractivity contribution in [2.45, 2.75) is 43.9 Å². The van der Waals surface area contributed by atoms with E-state index in [2.05, 4.69) is 14.9 Å². The number of aromatic hydroxyl groups is 2. The fraction of sp³-hybridized carbons (Fsp3) is 0.500. The van der Waals surface area contributed by atoms with E-state index in [0.29, 0.717) is 41.4 Å². The minimum Gasteiger partial charge on any atom is -0.505 e. The van der Waals surface area contributed by atoms with Gasteiger partial charge in [0.2, 0.25) is 5.88 Å². The number of benzene rings is 1. The lowest BCUT2D eigenvalue weighted by Gasteiger charge is -2.57. The SMILES string of the molecule is Oc1nc(N2CCOCC2)sc1-c1cncc(-c2cc(F)c(O)c(C34CC5CC(CC(C5)C3)C4)c2)c1. The largest absolute Gasteiger partial charge is 0.505 e. The van der Waals surface area contributed by atoms with Gasteiger partial charge in [0, 0.05) is 42.2 Å². The number of aromatic nitrogens is 2. The number of anilines is 1. The summed E-state index contributed by atoms with van der Waals surface area (Å²) >= 11 is 1.43. The van der Waals surface area contributed by atoms with E-state index in [1.54, 1.807) is 12.4 Å². The van der Waals surface area contributed by atoms with Crippen LogP contribution in [-0.2, 0) is 10.2 Å². The lowest BCUT2D eigenvalue weighted by atomic mass is 9.48. The van der Waals surface area contributed by atoms with Crippen LogP contribution in [-0.4, -0.2) is 46.5 Å². The molecule has 8 heteroatoms. The Kier molecular flexibility index (Phi) is 5.26. The summed E-state index contributed by atoms with van der Waals surface area (Å²) in [6.07, 6.45) is 10.4. The van der Waals surface area contributed by atoms with Gasteiger partial charge >= 0.3 is 0 Å². The smallest absolute Gasteiger partial charge is 0.232 e. The highest BCUT2D eigenvalue weighted by atomic mass is 32.1. The zero-order valence-electron chi connectivity index (χ0n) is 20.1. The molecule has 1 aromatic carbocycles. The van der Waals surface area contributed by atoms with Crippen LogP contribution in [0.3, 0.4) is 0 Å². The van der Waals surface area contributed by atoms with Crippen molar-refractivity contribution in [2.24, 2.45) is 17.8 Å². The Morgan fingerprint density at radius 2 is 1.58 bits per heavy atom. The fourth-order valence-corrected chi connectivity index (χ4v) is 8.70. The molecule has 2 aromatic heterocycles. The Labute approximate surface area is 213 Å². The summed E-state index contributed by atoms with van der Waals surface area (Å²) in [5.74, 6) is 1.32. The maximum Gasteiger partial charge on any atom is 0.232 e. The van der Waals surface area contributed by atoms with Crippen molar-refractivity contribution in [3.05, 3.63) is 42.0 Å². The number of ether oxygens (including phenoxy) is 1. The van der Waals surface area contributed by atoms with Crippen LogP contribution in [0.15, 0.2) is 30.6 Å². The van der Waals surface area contributed by atoms with Gasteiger partial charge in [0.1, 0.15) is 4.88 Å². The van der Waals surface area contributed by atoms with Crippen molar-refractivity contribution in [3.63, 3.8) is 0 Å². The van der Waals surface area contributed by atoms with E-state index in [1.165, 1.54) is 36.7 Å². The predicted octanol–water partition coefficient (Wildman–Crippen LogP) is 5.73. The summed E-state index contributed by atoms with van der Waals surface area (Å²) in [5.41, 5.74) is 2.87. The van der Waals surface area contributed by atoms with E-state index in [-0.39, 0.29) is 17.0 Å². The average Bonchev–Trinajstić information content (AvgIpc) is 3.27. The second-order valence-electron chi connectivity index (χ2n) is 11.3. The lowest BCUT2D eigenvalue weighted by molar-refractivity contribution is -0.00632. The average molecular weight is 508 g/mol. The zero-order valence-corrected chi connectivity index (χ0v) is 20.9. The first-order valence-electron chi connectivity index (χ1n) is 13.0. The van der Waals surface area contributed by atoms with E-state index in [1.807, 2.05) is 12.1 Å². The third-order valence-electron chi connectivity index (χ3n) is 8.89. The highest BCUT2D eigenvalue weighted by molar-refractivity contribution is 7.19. The monoisotopic (exact) mass is 507 g/mol. The molecule has 4 bridgehead atoms. The van der Waals surface area contributed by atoms with Gasteiger partial charge in [0.15, 0.2) is 16.7 Å². The molecule has 8 rings (SSSR count). The number of morpholine rings is 1. The Balaban J connectivity index is 1.25. The molecule has 3 aromatic rings. The van der Waals surface area contributed by atoms with Crippen LogP contribution in [0.1, 0.15) is 44.1 Å². The van der Waals surface area contributed by atoms with Crippen LogP contribution in [0.25, 0.3) is 21.6 Å². The number of phenolic OH excluding ortho intramolecular Hbond substituents is 1. The number of thiazole rings is 1. The zero-order chi connectivity index (χ0) is 24.4. The lowest BCUT2D eigenvalue weighted by Crippen LogP contribution is -2.48. The van der Waals surface area contributed by atoms with Crippen LogP contribution in [0.5, 0.6) is 11.6 Å². The van der Waals surface area contributed by atoms with Crippen molar-refractivity contribution >= 4 is 16.5 Å². The quantitative estimate of drug-likeness (QED) is 0.470. The molecular weight excluding hydrogens is 477 g/mol. The molecule has 0 unspecified atom stereocenters. The van der Waals surface area contributed by atoms with Gasteiger partial charge in [0.25, 0.3) is 0 Å². The van der Waals surface area contributed by atoms with Crippen molar-refractivity contribution < 1.29 is 19.3 Å². The number of hydrogen-bond acceptors (Lipinski definition) is 7. The molecule has 2 N–H and O–H groups in total. The third kappa shape index (κ3) is 3.68. The molecule has 0 spiro atoms. The molecule has 4 saturated carbocycles. The maximum atomic E-state index is 15.2. The first-order valence-corrected chi connectivity index (χ1v) is 13.8. The molecule has 5 fully saturated rings. The molecule has 5 aliphatic rings. The van der Waals surface area contributed by atoms with Gasteiger partial charge in [0.05, 0.1) is 13.2 Å². The highest BCUT2D eigenvalue weighted by Crippen LogP contribution is 2.62. The van der Waals surface area contributed by atoms with Crippen molar-refractivity contribution in [1.29, 1.82) is 0 Å².